The number of aromatic nitrogens is 1. The topological polar surface area (TPSA) is 152 Å². The van der Waals surface area contributed by atoms with Crippen molar-refractivity contribution in [3.63, 3.8) is 0 Å². The van der Waals surface area contributed by atoms with E-state index in [0.29, 0.717) is 5.56 Å². The molecule has 4 atom stereocenters. The molecule has 2 aromatic rings. The number of anilines is 2. The first-order chi connectivity index (χ1) is 19.3. The highest BCUT2D eigenvalue weighted by Gasteiger charge is 2.46. The Balaban J connectivity index is 2.05. The number of methoxy groups -OCH3 is 1. The number of nitrogens with one attached hydrogen (secondary N) is 1. The Morgan fingerprint density at radius 2 is 1.73 bits per heavy atom. The highest BCUT2D eigenvalue weighted by molar-refractivity contribution is 6.44. The zero-order chi connectivity index (χ0) is 30.6. The fourth-order valence-corrected chi connectivity index (χ4v) is 4.66. The first-order valence-corrected chi connectivity index (χ1v) is 13.4. The van der Waals surface area contributed by atoms with Crippen molar-refractivity contribution in [1.82, 2.24) is 4.98 Å². The second-order valence-corrected chi connectivity index (χ2v) is 10.8. The van der Waals surface area contributed by atoms with Crippen LogP contribution >= 0.6 is 0 Å². The van der Waals surface area contributed by atoms with Gasteiger partial charge >= 0.3 is 5.97 Å². The monoisotopic (exact) mass is 567 g/mol. The van der Waals surface area contributed by atoms with Crippen molar-refractivity contribution < 1.29 is 38.6 Å². The molecular formula is C30H37N3O8. The maximum atomic E-state index is 13.7. The van der Waals surface area contributed by atoms with Gasteiger partial charge in [0.1, 0.15) is 12.1 Å². The van der Waals surface area contributed by atoms with Crippen molar-refractivity contribution in [2.45, 2.75) is 52.7 Å². The second kappa shape index (κ2) is 12.9. The van der Waals surface area contributed by atoms with Gasteiger partial charge in [0.15, 0.2) is 11.5 Å². The third-order valence-electron chi connectivity index (χ3n) is 7.22. The molecule has 1 aliphatic rings. The zero-order valence-corrected chi connectivity index (χ0v) is 24.4. The van der Waals surface area contributed by atoms with Crippen LogP contribution in [0.3, 0.4) is 0 Å². The van der Waals surface area contributed by atoms with Crippen LogP contribution in [-0.2, 0) is 35.1 Å². The number of esters is 1. The Morgan fingerprint density at radius 1 is 1.10 bits per heavy atom. The van der Waals surface area contributed by atoms with Gasteiger partial charge in [-0.3, -0.25) is 29.0 Å². The number of ether oxygens (including phenoxy) is 2. The van der Waals surface area contributed by atoms with Crippen LogP contribution in [0.5, 0.6) is 11.5 Å². The van der Waals surface area contributed by atoms with Gasteiger partial charge in [0.25, 0.3) is 0 Å². The molecule has 3 rings (SSSR count). The summed E-state index contributed by atoms with van der Waals surface area (Å²) in [6.07, 6.45) is -0.664. The number of ketones is 4. The molecule has 0 amide bonds. The minimum absolute atomic E-state index is 0.0157. The SMILES string of the molecule is COc1c(N[C@H]2CC(=O)C(=O)[C@H](Cc3ccc(N(C)C)cc3)[C@H](OC(=O)C(C)C)[C@H](C)C(=O)C2=O)cnc(C)c1O. The van der Waals surface area contributed by atoms with Crippen molar-refractivity contribution >= 4 is 40.5 Å². The third kappa shape index (κ3) is 6.90. The summed E-state index contributed by atoms with van der Waals surface area (Å²) < 4.78 is 10.9. The summed E-state index contributed by atoms with van der Waals surface area (Å²) in [4.78, 5) is 72.7. The summed E-state index contributed by atoms with van der Waals surface area (Å²) >= 11 is 0. The molecule has 0 radical (unpaired) electrons. The largest absolute Gasteiger partial charge is 0.503 e. The molecule has 1 aliphatic carbocycles. The van der Waals surface area contributed by atoms with Gasteiger partial charge in [0, 0.05) is 26.2 Å². The Bertz CT molecular complexity index is 1340. The van der Waals surface area contributed by atoms with Crippen LogP contribution in [0.15, 0.2) is 30.5 Å². The lowest BCUT2D eigenvalue weighted by Crippen LogP contribution is -2.45. The number of pyridine rings is 1. The molecule has 1 aromatic carbocycles. The van der Waals surface area contributed by atoms with Crippen LogP contribution in [0.4, 0.5) is 11.4 Å². The number of benzene rings is 1. The number of aryl methyl sites for hydroxylation is 1. The van der Waals surface area contributed by atoms with E-state index >= 15 is 0 Å². The molecular weight excluding hydrogens is 530 g/mol. The molecule has 1 fully saturated rings. The predicted molar refractivity (Wildman–Crippen MR) is 151 cm³/mol. The normalized spacial score (nSPS) is 21.7. The predicted octanol–water partition coefficient (Wildman–Crippen LogP) is 2.69. The van der Waals surface area contributed by atoms with E-state index in [9.17, 15) is 29.1 Å². The van der Waals surface area contributed by atoms with Crippen LogP contribution in [0, 0.1) is 24.7 Å². The molecule has 220 valence electrons. The molecule has 2 N–H and O–H groups in total. The van der Waals surface area contributed by atoms with E-state index in [2.05, 4.69) is 10.3 Å². The van der Waals surface area contributed by atoms with E-state index in [1.165, 1.54) is 20.2 Å². The molecule has 0 spiro atoms. The van der Waals surface area contributed by atoms with Crippen molar-refractivity contribution in [2.75, 3.05) is 31.4 Å². The fraction of sp³-hybridized carbons (Fsp3) is 0.467. The summed E-state index contributed by atoms with van der Waals surface area (Å²) in [6, 6.07) is 5.85. The van der Waals surface area contributed by atoms with Gasteiger partial charge in [-0.25, -0.2) is 0 Å². The maximum absolute atomic E-state index is 13.7. The number of Topliss-reactive ketones (excluding diaryl/α,β-unsaturated/α-hetero) is 4. The van der Waals surface area contributed by atoms with Crippen molar-refractivity contribution in [1.29, 1.82) is 0 Å². The van der Waals surface area contributed by atoms with Gasteiger partial charge in [-0.1, -0.05) is 32.9 Å². The summed E-state index contributed by atoms with van der Waals surface area (Å²) in [5.41, 5.74) is 1.94. The zero-order valence-electron chi connectivity index (χ0n) is 24.4. The molecule has 0 aliphatic heterocycles. The Kier molecular flexibility index (Phi) is 9.85. The molecule has 1 heterocycles. The fourth-order valence-electron chi connectivity index (χ4n) is 4.66. The first kappa shape index (κ1) is 31.3. The van der Waals surface area contributed by atoms with Gasteiger partial charge in [-0.15, -0.1) is 0 Å². The number of nitrogens with zero attached hydrogens (tertiary/aromatic N) is 2. The van der Waals surface area contributed by atoms with Gasteiger partial charge in [0.2, 0.25) is 23.1 Å². The number of aromatic hydroxyl groups is 1. The summed E-state index contributed by atoms with van der Waals surface area (Å²) in [7, 11) is 5.07. The quantitative estimate of drug-likeness (QED) is 0.358. The Labute approximate surface area is 239 Å². The van der Waals surface area contributed by atoms with E-state index in [-0.39, 0.29) is 29.3 Å². The molecule has 11 nitrogen and oxygen atoms in total. The minimum Gasteiger partial charge on any atom is -0.503 e. The lowest BCUT2D eigenvalue weighted by Gasteiger charge is -2.29. The highest BCUT2D eigenvalue weighted by Crippen LogP contribution is 2.36. The average Bonchev–Trinajstić information content (AvgIpc) is 2.96. The van der Waals surface area contributed by atoms with E-state index in [1.54, 1.807) is 32.9 Å². The lowest BCUT2D eigenvalue weighted by atomic mass is 9.81. The number of hydrogen-bond donors (Lipinski definition) is 2. The van der Waals surface area contributed by atoms with Crippen LogP contribution < -0.4 is 15.0 Å². The summed E-state index contributed by atoms with van der Waals surface area (Å²) in [6.45, 7) is 6.18. The van der Waals surface area contributed by atoms with Gasteiger partial charge in [0.05, 0.1) is 42.4 Å². The van der Waals surface area contributed by atoms with E-state index < -0.39 is 65.4 Å². The molecule has 11 heteroatoms. The molecule has 41 heavy (non-hydrogen) atoms. The van der Waals surface area contributed by atoms with E-state index in [1.807, 2.05) is 31.1 Å². The Hall–Kier alpha value is -4.28. The summed E-state index contributed by atoms with van der Waals surface area (Å²) in [5.74, 6) is -7.58. The molecule has 0 bridgehead atoms. The molecule has 0 unspecified atom stereocenters. The van der Waals surface area contributed by atoms with Gasteiger partial charge in [-0.2, -0.15) is 0 Å². The number of hydrogen-bond acceptors (Lipinski definition) is 11. The number of rotatable bonds is 8. The lowest BCUT2D eigenvalue weighted by molar-refractivity contribution is -0.163. The van der Waals surface area contributed by atoms with Gasteiger partial charge in [-0.05, 0) is 31.0 Å². The smallest absolute Gasteiger partial charge is 0.308 e. The van der Waals surface area contributed by atoms with Crippen LogP contribution in [-0.4, -0.2) is 72.5 Å². The second-order valence-electron chi connectivity index (χ2n) is 10.8. The maximum Gasteiger partial charge on any atom is 0.308 e. The van der Waals surface area contributed by atoms with Crippen molar-refractivity contribution in [3.05, 3.63) is 41.7 Å². The summed E-state index contributed by atoms with van der Waals surface area (Å²) in [5, 5.41) is 13.1. The average molecular weight is 568 g/mol. The first-order valence-electron chi connectivity index (χ1n) is 13.4. The number of carbonyl (C=O) groups is 5. The van der Waals surface area contributed by atoms with Crippen molar-refractivity contribution in [3.8, 4) is 11.5 Å². The van der Waals surface area contributed by atoms with Gasteiger partial charge < -0.3 is 24.8 Å². The van der Waals surface area contributed by atoms with Crippen LogP contribution in [0.2, 0.25) is 0 Å². The number of carbonyl (C=O) groups excluding carboxylic acids is 5. The standard InChI is InChI=1S/C30H37N3O8/c1-15(2)30(39)41-28-16(3)24(35)27(38)21(32-22-14-31-17(4)25(36)29(22)40-7)13-23(34)26(37)20(28)12-18-8-10-19(11-9-18)33(5)6/h8-11,14-16,20-21,28,32,36H,12-13H2,1-7H3/t16-,20+,21+,28-/m1/s1. The van der Waals surface area contributed by atoms with E-state index in [4.69, 9.17) is 9.47 Å². The van der Waals surface area contributed by atoms with Crippen LogP contribution in [0.25, 0.3) is 0 Å². The molecule has 1 saturated carbocycles. The highest BCUT2D eigenvalue weighted by atomic mass is 16.5. The third-order valence-corrected chi connectivity index (χ3v) is 7.22. The van der Waals surface area contributed by atoms with E-state index in [0.717, 1.165) is 5.69 Å². The molecule has 0 saturated heterocycles. The Morgan fingerprint density at radius 3 is 2.29 bits per heavy atom. The van der Waals surface area contributed by atoms with Crippen LogP contribution in [0.1, 0.15) is 38.4 Å². The van der Waals surface area contributed by atoms with Crippen molar-refractivity contribution in [2.24, 2.45) is 17.8 Å². The minimum atomic E-state index is -1.45. The molecule has 1 aromatic heterocycles.